The molecule has 0 spiro atoms. The van der Waals surface area contributed by atoms with Gasteiger partial charge in [-0.2, -0.15) is 26.6 Å². The lowest BCUT2D eigenvalue weighted by Crippen LogP contribution is -2.47. The van der Waals surface area contributed by atoms with Gasteiger partial charge in [-0.25, -0.2) is 26.2 Å². The van der Waals surface area contributed by atoms with Gasteiger partial charge >= 0.3 is 32.0 Å². The number of sulfone groups is 1. The van der Waals surface area contributed by atoms with Crippen LogP contribution in [0, 0.1) is 13.8 Å². The van der Waals surface area contributed by atoms with Crippen LogP contribution in [-0.4, -0.2) is 143 Å². The van der Waals surface area contributed by atoms with Crippen LogP contribution >= 0.6 is 65.6 Å². The first-order valence-corrected chi connectivity index (χ1v) is 34.5. The number of anilines is 3. The average Bonchev–Trinajstić information content (AvgIpc) is 1.47. The summed E-state index contributed by atoms with van der Waals surface area (Å²) in [5.41, 5.74) is 1.29. The fourth-order valence-electron chi connectivity index (χ4n) is 8.60. The van der Waals surface area contributed by atoms with E-state index < -0.39 is 85.8 Å². The molecular weight excluding hydrogens is 1400 g/mol. The number of ketones is 1. The maximum Gasteiger partial charge on any atom is 0.416 e. The second-order valence-electron chi connectivity index (χ2n) is 20.2. The van der Waals surface area contributed by atoms with Crippen molar-refractivity contribution < 1.29 is 91.4 Å². The third-order valence-corrected chi connectivity index (χ3v) is 16.3. The van der Waals surface area contributed by atoms with E-state index in [0.717, 1.165) is 66.4 Å². The van der Waals surface area contributed by atoms with Crippen LogP contribution in [0.4, 0.5) is 39.0 Å². The lowest BCUT2D eigenvalue weighted by Gasteiger charge is -2.35. The molecule has 24 nitrogen and oxygen atoms in total. The molecule has 2 aromatic heterocycles. The van der Waals surface area contributed by atoms with E-state index in [-0.39, 0.29) is 78.6 Å². The summed E-state index contributed by atoms with van der Waals surface area (Å²) in [4.78, 5) is 76.5. The summed E-state index contributed by atoms with van der Waals surface area (Å²) in [6.45, 7) is 6.61. The summed E-state index contributed by atoms with van der Waals surface area (Å²) in [7, 11) is -10.1. The standard InChI is InChI=1S/C15H22ClNO2.C15H12F3NO4S.C11H10Cl2F2N4O3S.C11H11Cl2NO2.C3H8NO5P/c1-5-13-8-6-7-11(2)15(13)17(14(18)9-16)12(3)10-19-4;1-24(21,22)12-6-9(15(16,17)18)4-5-10(12)13(20)11-7-19-23-14(11)8-2-3-8;1-5-16-19(11(20)18(5)10(14)15)9-4-8(17-23(2,21)22)6(12)3-7(9)13;1-7-6-16-9-5-3-2-4-8(9)14(7)11(15)10(12)13;5-3(6)1-4-2-10(7,8)9/h6-8,12H,5,9-10H2,1-4H3;4-8H,2-3H2,1H3;3-4,10,17H,1-2H3;2-5,7,10H,6H2,1H3;4H,1-2H2,(H,5,6)(H2,7,8,9). The molecule has 0 radical (unpaired) electrons. The highest BCUT2D eigenvalue weighted by atomic mass is 35.5. The zero-order valence-electron chi connectivity index (χ0n) is 49.9. The van der Waals surface area contributed by atoms with Gasteiger partial charge in [0, 0.05) is 24.8 Å². The van der Waals surface area contributed by atoms with Crippen LogP contribution in [-0.2, 0) is 56.1 Å². The molecule has 8 rings (SSSR count). The van der Waals surface area contributed by atoms with Crippen molar-refractivity contribution >= 4 is 126 Å². The van der Waals surface area contributed by atoms with Crippen LogP contribution in [0.3, 0.4) is 0 Å². The van der Waals surface area contributed by atoms with E-state index >= 15 is 0 Å². The van der Waals surface area contributed by atoms with Crippen molar-refractivity contribution in [1.82, 2.24) is 24.8 Å². The van der Waals surface area contributed by atoms with Crippen molar-refractivity contribution in [3.05, 3.63) is 139 Å². The van der Waals surface area contributed by atoms with E-state index in [9.17, 15) is 67.3 Å². The Kier molecular flexibility index (Phi) is 28.7. The number of carbonyl (C=O) groups is 4. The molecule has 0 saturated heterocycles. The van der Waals surface area contributed by atoms with E-state index in [1.54, 1.807) is 16.9 Å². The third-order valence-electron chi connectivity index (χ3n) is 12.7. The first-order valence-electron chi connectivity index (χ1n) is 26.8. The highest BCUT2D eigenvalue weighted by molar-refractivity contribution is 7.92. The van der Waals surface area contributed by atoms with Gasteiger partial charge in [0.1, 0.15) is 24.1 Å². The number of carboxylic acid groups (broad SMARTS) is 1. The van der Waals surface area contributed by atoms with Crippen LogP contribution in [0.15, 0.2) is 93.2 Å². The molecule has 1 saturated carbocycles. The molecule has 0 bridgehead atoms. The minimum Gasteiger partial charge on any atom is -0.489 e. The summed E-state index contributed by atoms with van der Waals surface area (Å²) in [5.74, 6) is -1.44. The number of hydrogen-bond donors (Lipinski definition) is 5. The number of methoxy groups -OCH3 is 1. The predicted molar refractivity (Wildman–Crippen MR) is 336 cm³/mol. The fourth-order valence-corrected chi connectivity index (χ4v) is 11.4. The lowest BCUT2D eigenvalue weighted by atomic mass is 10.0. The number of benzene rings is 4. The Hall–Kier alpha value is -6.22. The molecule has 3 heterocycles. The number of alkyl halides is 8. The highest BCUT2D eigenvalue weighted by Crippen LogP contribution is 2.43. The van der Waals surface area contributed by atoms with E-state index in [1.807, 2.05) is 57.2 Å². The van der Waals surface area contributed by atoms with Gasteiger partial charge in [0.25, 0.3) is 5.91 Å². The molecule has 37 heteroatoms. The Morgan fingerprint density at radius 1 is 0.935 bits per heavy atom. The van der Waals surface area contributed by atoms with Gasteiger partial charge in [-0.1, -0.05) is 88.8 Å². The second kappa shape index (κ2) is 33.8. The molecule has 4 aromatic carbocycles. The predicted octanol–water partition coefficient (Wildman–Crippen LogP) is 10.2. The van der Waals surface area contributed by atoms with Crippen LogP contribution in [0.5, 0.6) is 5.75 Å². The molecule has 92 heavy (non-hydrogen) atoms. The number of carboxylic acids is 1. The number of halogens is 10. The average molecular weight is 1460 g/mol. The largest absolute Gasteiger partial charge is 0.489 e. The number of amides is 2. The van der Waals surface area contributed by atoms with Crippen LogP contribution in [0.1, 0.15) is 90.3 Å². The van der Waals surface area contributed by atoms with E-state index in [0.29, 0.717) is 41.5 Å². The second-order valence-corrected chi connectivity index (χ2v) is 27.7. The summed E-state index contributed by atoms with van der Waals surface area (Å²) >= 11 is 28.8. The van der Waals surface area contributed by atoms with Crippen molar-refractivity contribution in [2.75, 3.05) is 66.1 Å². The number of carbonyl (C=O) groups excluding carboxylic acids is 3. The van der Waals surface area contributed by atoms with E-state index in [2.05, 4.69) is 33.3 Å². The van der Waals surface area contributed by atoms with Crippen molar-refractivity contribution in [2.24, 2.45) is 0 Å². The summed E-state index contributed by atoms with van der Waals surface area (Å²) in [6.07, 6.45) is 0.0379. The lowest BCUT2D eigenvalue weighted by molar-refractivity contribution is -0.138. The van der Waals surface area contributed by atoms with Crippen LogP contribution in [0.25, 0.3) is 5.69 Å². The van der Waals surface area contributed by atoms with Crippen molar-refractivity contribution in [3.8, 4) is 11.4 Å². The normalized spacial score (nSPS) is 14.2. The molecule has 1 aliphatic carbocycles. The molecular formula is C55H63Cl5F5N8O16PS2. The molecule has 2 amide bonds. The minimum atomic E-state index is -4.71. The summed E-state index contributed by atoms with van der Waals surface area (Å²) in [5, 5.41) is 17.2. The Morgan fingerprint density at radius 2 is 1.58 bits per heavy atom. The number of ether oxygens (including phenoxy) is 2. The molecule has 506 valence electrons. The number of fused-ring (bicyclic) bond motifs is 1. The molecule has 1 fully saturated rings. The maximum absolute atomic E-state index is 12.8. The number of nitrogens with zero attached hydrogens (tertiary/aromatic N) is 6. The minimum absolute atomic E-state index is 0.0223. The number of para-hydroxylation sites is 3. The number of rotatable bonds is 19. The SMILES string of the molecule is CC1COc2ccccc2N1C(=O)C(Cl)Cl.CCc1cccc(C)c1N(C(=O)CCl)C(C)COC.CS(=O)(=O)c1cc(C(F)(F)F)ccc1C(=O)c1cnoc1C1CC1.Cc1nn(-c2cc(NS(C)(=O)=O)c(Cl)cc2Cl)c(=O)n1C(F)F.O=C(O)CNCP(=O)(O)O. The van der Waals surface area contributed by atoms with Gasteiger partial charge in [-0.3, -0.25) is 33.8 Å². The quantitative estimate of drug-likeness (QED) is 0.0218. The fraction of sp³-hybridized carbons (Fsp3) is 0.400. The Labute approximate surface area is 549 Å². The van der Waals surface area contributed by atoms with E-state index in [1.165, 1.54) is 19.2 Å². The molecule has 6 aromatic rings. The monoisotopic (exact) mass is 1460 g/mol. The zero-order valence-corrected chi connectivity index (χ0v) is 56.2. The van der Waals surface area contributed by atoms with E-state index in [4.69, 9.17) is 86.9 Å². The van der Waals surface area contributed by atoms with Gasteiger partial charge < -0.3 is 38.7 Å². The van der Waals surface area contributed by atoms with Gasteiger partial charge in [0.2, 0.25) is 15.9 Å². The number of aliphatic carboxylic acids is 1. The Bertz CT molecular complexity index is 3950. The third kappa shape index (κ3) is 22.2. The molecule has 2 atom stereocenters. The first-order chi connectivity index (χ1) is 42.7. The van der Waals surface area contributed by atoms with Gasteiger partial charge in [0.15, 0.2) is 26.2 Å². The van der Waals surface area contributed by atoms with Gasteiger partial charge in [-0.15, -0.1) is 16.7 Å². The summed E-state index contributed by atoms with van der Waals surface area (Å²) < 4.78 is 139. The number of aromatic nitrogens is 4. The maximum atomic E-state index is 12.8. The van der Waals surface area contributed by atoms with Gasteiger partial charge in [-0.05, 0) is 101 Å². The highest BCUT2D eigenvalue weighted by Gasteiger charge is 2.37. The Balaban J connectivity index is 0.000000252. The van der Waals surface area contributed by atoms with Crippen molar-refractivity contribution in [2.45, 2.75) is 94.3 Å². The molecule has 2 aliphatic rings. The molecule has 2 unspecified atom stereocenters. The smallest absolute Gasteiger partial charge is 0.416 e. The number of aryl methyl sites for hydroxylation is 3. The topological polar surface area (TPSA) is 329 Å². The number of sulfonamides is 1. The van der Waals surface area contributed by atoms with Crippen molar-refractivity contribution in [1.29, 1.82) is 0 Å². The van der Waals surface area contributed by atoms with Crippen molar-refractivity contribution in [3.63, 3.8) is 0 Å². The number of hydrogen-bond acceptors (Lipinski definition) is 16. The van der Waals surface area contributed by atoms with Crippen LogP contribution < -0.4 is 30.3 Å². The molecule has 1 aliphatic heterocycles. The summed E-state index contributed by atoms with van der Waals surface area (Å²) in [6, 6.07) is 17.7. The van der Waals surface area contributed by atoms with Gasteiger partial charge in [0.05, 0.1) is 92.8 Å². The first kappa shape index (κ1) is 78.2. The zero-order chi connectivity index (χ0) is 69.5. The Morgan fingerprint density at radius 3 is 2.10 bits per heavy atom. The van der Waals surface area contributed by atoms with Crippen LogP contribution in [0.2, 0.25) is 10.0 Å². The number of nitrogens with one attached hydrogen (secondary N) is 2. The molecule has 5 N–H and O–H groups in total.